The molecular weight excluding hydrogens is 961 g/mol. The predicted molar refractivity (Wildman–Crippen MR) is 339 cm³/mol. The van der Waals surface area contributed by atoms with Crippen molar-refractivity contribution in [2.24, 2.45) is 0 Å². The molecule has 0 fully saturated rings. The van der Waals surface area contributed by atoms with Gasteiger partial charge >= 0.3 is 17.9 Å². The van der Waals surface area contributed by atoms with Crippen molar-refractivity contribution in [2.45, 2.75) is 341 Å². The van der Waals surface area contributed by atoms with Gasteiger partial charge in [0.1, 0.15) is 13.2 Å². The highest BCUT2D eigenvalue weighted by Crippen LogP contribution is 2.17. The van der Waals surface area contributed by atoms with E-state index in [9.17, 15) is 14.4 Å². The lowest BCUT2D eigenvalue weighted by atomic mass is 10.0. The number of carbonyl (C=O) groups is 3. The Balaban J connectivity index is 4.31. The number of carbonyl (C=O) groups excluding carboxylic acids is 3. The molecule has 0 rings (SSSR count). The molecule has 0 saturated carbocycles. The van der Waals surface area contributed by atoms with Gasteiger partial charge in [0.15, 0.2) is 6.10 Å². The normalized spacial score (nSPS) is 12.6. The smallest absolute Gasteiger partial charge is 0.306 e. The molecule has 0 aliphatic carbocycles. The van der Waals surface area contributed by atoms with Gasteiger partial charge in [-0.15, -0.1) is 0 Å². The van der Waals surface area contributed by atoms with Gasteiger partial charge in [0.2, 0.25) is 0 Å². The van der Waals surface area contributed by atoms with Crippen LogP contribution in [0.4, 0.5) is 0 Å². The van der Waals surface area contributed by atoms with E-state index in [4.69, 9.17) is 14.2 Å². The lowest BCUT2D eigenvalue weighted by molar-refractivity contribution is -0.167. The fourth-order valence-corrected chi connectivity index (χ4v) is 9.62. The first-order valence-corrected chi connectivity index (χ1v) is 33.6. The Labute approximate surface area is 484 Å². The molecule has 0 aromatic rings. The number of allylic oxidation sites excluding steroid dienone is 14. The van der Waals surface area contributed by atoms with Crippen LogP contribution in [0, 0.1) is 0 Å². The summed E-state index contributed by atoms with van der Waals surface area (Å²) in [5.74, 6) is -0.890. The molecular formula is C72H126O6. The summed E-state index contributed by atoms with van der Waals surface area (Å²) in [5.41, 5.74) is 0. The largest absolute Gasteiger partial charge is 0.462 e. The van der Waals surface area contributed by atoms with Crippen molar-refractivity contribution in [1.29, 1.82) is 0 Å². The Bertz CT molecular complexity index is 1480. The van der Waals surface area contributed by atoms with Crippen LogP contribution in [0.25, 0.3) is 0 Å². The van der Waals surface area contributed by atoms with Gasteiger partial charge < -0.3 is 14.2 Å². The molecule has 78 heavy (non-hydrogen) atoms. The first-order valence-electron chi connectivity index (χ1n) is 33.6. The summed E-state index contributed by atoms with van der Waals surface area (Å²) in [4.78, 5) is 38.3. The van der Waals surface area contributed by atoms with Crippen molar-refractivity contribution in [2.75, 3.05) is 13.2 Å². The van der Waals surface area contributed by atoms with Crippen LogP contribution in [0.15, 0.2) is 85.1 Å². The van der Waals surface area contributed by atoms with Crippen molar-refractivity contribution >= 4 is 17.9 Å². The van der Waals surface area contributed by atoms with E-state index in [0.717, 1.165) is 116 Å². The monoisotopic (exact) mass is 1090 g/mol. The first-order chi connectivity index (χ1) is 38.5. The van der Waals surface area contributed by atoms with Crippen LogP contribution in [-0.2, 0) is 28.6 Å². The van der Waals surface area contributed by atoms with Gasteiger partial charge in [-0.25, -0.2) is 0 Å². The fraction of sp³-hybridized carbons (Fsp3) is 0.764. The van der Waals surface area contributed by atoms with Crippen molar-refractivity contribution in [1.82, 2.24) is 0 Å². The molecule has 0 aliphatic heterocycles. The average Bonchev–Trinajstić information content (AvgIpc) is 3.44. The minimum atomic E-state index is -0.786. The third-order valence-corrected chi connectivity index (χ3v) is 14.6. The molecule has 0 heterocycles. The Hall–Kier alpha value is -3.41. The van der Waals surface area contributed by atoms with Crippen LogP contribution in [0.1, 0.15) is 335 Å². The highest BCUT2D eigenvalue weighted by molar-refractivity contribution is 5.71. The lowest BCUT2D eigenvalue weighted by Gasteiger charge is -2.18. The van der Waals surface area contributed by atoms with E-state index in [2.05, 4.69) is 106 Å². The second kappa shape index (κ2) is 66.1. The Kier molecular flexibility index (Phi) is 63.2. The van der Waals surface area contributed by atoms with Gasteiger partial charge in [-0.2, -0.15) is 0 Å². The van der Waals surface area contributed by atoms with Crippen molar-refractivity contribution < 1.29 is 28.6 Å². The molecule has 0 bridgehead atoms. The number of esters is 3. The van der Waals surface area contributed by atoms with Gasteiger partial charge in [0.05, 0.1) is 0 Å². The molecule has 6 heteroatoms. The molecule has 0 spiro atoms. The lowest BCUT2D eigenvalue weighted by Crippen LogP contribution is -2.30. The second-order valence-corrected chi connectivity index (χ2v) is 22.4. The number of ether oxygens (including phenoxy) is 3. The number of unbranched alkanes of at least 4 members (excludes halogenated alkanes) is 36. The molecule has 0 aromatic heterocycles. The maximum Gasteiger partial charge on any atom is 0.306 e. The topological polar surface area (TPSA) is 78.9 Å². The molecule has 6 nitrogen and oxygen atoms in total. The van der Waals surface area contributed by atoms with Crippen LogP contribution >= 0.6 is 0 Å². The molecule has 0 N–H and O–H groups in total. The van der Waals surface area contributed by atoms with Crippen LogP contribution in [0.2, 0.25) is 0 Å². The molecule has 1 atom stereocenters. The zero-order valence-corrected chi connectivity index (χ0v) is 51.7. The standard InChI is InChI=1S/C72H126O6/c1-4-7-10-13-16-19-22-25-27-29-31-33-35-36-38-39-41-43-45-47-50-53-56-59-62-65-71(74)77-68-69(67-76-70(73)64-61-58-55-52-49-24-21-18-15-12-9-6-3)78-72(75)66-63-60-57-54-51-48-46-44-42-40-37-34-32-30-28-26-23-20-17-14-11-8-5-2/h7,10,16,18-19,21,25,27,31,33,36,38,41,43,69H,4-6,8-9,11-15,17,20,22-24,26,28-30,32,34-35,37,39-40,42,44-68H2,1-3H3/b10-7-,19-16-,21-18-,27-25-,33-31-,38-36-,43-41-. The van der Waals surface area contributed by atoms with Gasteiger partial charge in [0.25, 0.3) is 0 Å². The van der Waals surface area contributed by atoms with E-state index in [1.807, 2.05) is 0 Å². The summed E-state index contributed by atoms with van der Waals surface area (Å²) in [6.45, 7) is 6.53. The summed E-state index contributed by atoms with van der Waals surface area (Å²) in [5, 5.41) is 0. The SMILES string of the molecule is CC/C=C\C/C=C\C/C=C\C/C=C\C/C=C\C/C=C\CCCCCCCCC(=O)OCC(COC(=O)CCCCCCC/C=C\CCCCC)OC(=O)CCCCCCCCCCCCCCCCCCCCCCCCC. The van der Waals surface area contributed by atoms with Crippen molar-refractivity contribution in [3.63, 3.8) is 0 Å². The number of hydrogen-bond acceptors (Lipinski definition) is 6. The highest BCUT2D eigenvalue weighted by Gasteiger charge is 2.19. The van der Waals surface area contributed by atoms with Gasteiger partial charge in [0, 0.05) is 19.3 Å². The van der Waals surface area contributed by atoms with E-state index >= 15 is 0 Å². The quantitative estimate of drug-likeness (QED) is 0.0261. The molecule has 0 aliphatic rings. The van der Waals surface area contributed by atoms with E-state index in [-0.39, 0.29) is 31.1 Å². The summed E-state index contributed by atoms with van der Waals surface area (Å²) >= 11 is 0. The molecule has 0 aromatic carbocycles. The van der Waals surface area contributed by atoms with E-state index in [1.165, 1.54) is 180 Å². The third kappa shape index (κ3) is 63.4. The van der Waals surface area contributed by atoms with Crippen LogP contribution in [-0.4, -0.2) is 37.2 Å². The van der Waals surface area contributed by atoms with E-state index in [0.29, 0.717) is 19.3 Å². The van der Waals surface area contributed by atoms with Crippen LogP contribution < -0.4 is 0 Å². The molecule has 0 radical (unpaired) electrons. The molecule has 0 saturated heterocycles. The summed E-state index contributed by atoms with van der Waals surface area (Å²) in [6, 6.07) is 0. The predicted octanol–water partition coefficient (Wildman–Crippen LogP) is 23.1. The maximum absolute atomic E-state index is 12.9. The van der Waals surface area contributed by atoms with Gasteiger partial charge in [-0.3, -0.25) is 14.4 Å². The fourth-order valence-electron chi connectivity index (χ4n) is 9.62. The van der Waals surface area contributed by atoms with E-state index in [1.54, 1.807) is 0 Å². The molecule has 0 amide bonds. The Morgan fingerprint density at radius 1 is 0.269 bits per heavy atom. The summed E-state index contributed by atoms with van der Waals surface area (Å²) in [6.07, 6.45) is 87.4. The molecule has 450 valence electrons. The van der Waals surface area contributed by atoms with Gasteiger partial charge in [-0.1, -0.05) is 305 Å². The van der Waals surface area contributed by atoms with Gasteiger partial charge in [-0.05, 0) is 96.3 Å². The first kappa shape index (κ1) is 74.6. The average molecular weight is 1090 g/mol. The van der Waals surface area contributed by atoms with Crippen LogP contribution in [0.5, 0.6) is 0 Å². The van der Waals surface area contributed by atoms with Crippen molar-refractivity contribution in [3.05, 3.63) is 85.1 Å². The van der Waals surface area contributed by atoms with E-state index < -0.39 is 6.10 Å². The second-order valence-electron chi connectivity index (χ2n) is 22.4. The Morgan fingerprint density at radius 2 is 0.500 bits per heavy atom. The minimum Gasteiger partial charge on any atom is -0.462 e. The number of rotatable bonds is 61. The summed E-state index contributed by atoms with van der Waals surface area (Å²) in [7, 11) is 0. The molecule has 1 unspecified atom stereocenters. The zero-order valence-electron chi connectivity index (χ0n) is 51.7. The minimum absolute atomic E-state index is 0.0829. The number of hydrogen-bond donors (Lipinski definition) is 0. The maximum atomic E-state index is 12.9. The third-order valence-electron chi connectivity index (χ3n) is 14.6. The zero-order chi connectivity index (χ0) is 56.4. The Morgan fingerprint density at radius 3 is 0.821 bits per heavy atom. The highest BCUT2D eigenvalue weighted by atomic mass is 16.6. The van der Waals surface area contributed by atoms with Crippen molar-refractivity contribution in [3.8, 4) is 0 Å². The summed E-state index contributed by atoms with van der Waals surface area (Å²) < 4.78 is 16.9. The van der Waals surface area contributed by atoms with Crippen LogP contribution in [0.3, 0.4) is 0 Å².